The van der Waals surface area contributed by atoms with Gasteiger partial charge in [0.2, 0.25) is 5.78 Å². The van der Waals surface area contributed by atoms with Crippen molar-refractivity contribution in [3.63, 3.8) is 0 Å². The molecule has 2 fully saturated rings. The Kier molecular flexibility index (Phi) is 6.75. The van der Waals surface area contributed by atoms with Gasteiger partial charge < -0.3 is 35.8 Å². The summed E-state index contributed by atoms with van der Waals surface area (Å²) in [6, 6.07) is -0.774. The van der Waals surface area contributed by atoms with Crippen LogP contribution < -0.4 is 15.4 Å². The highest BCUT2D eigenvalue weighted by Gasteiger charge is 2.63. The minimum Gasteiger partial charge on any atom is -0.508 e. The van der Waals surface area contributed by atoms with Crippen molar-refractivity contribution < 1.29 is 52.7 Å². The first-order chi connectivity index (χ1) is 18.7. The van der Waals surface area contributed by atoms with Crippen LogP contribution in [0, 0.1) is 11.8 Å². The average Bonchev–Trinajstić information content (AvgIpc) is 3.39. The van der Waals surface area contributed by atoms with Gasteiger partial charge in [-0.15, -0.1) is 13.2 Å². The Morgan fingerprint density at radius 2 is 1.95 bits per heavy atom. The molecule has 4 aliphatic rings. The minimum absolute atomic E-state index is 0.0472. The van der Waals surface area contributed by atoms with E-state index in [1.54, 1.807) is 6.92 Å². The van der Waals surface area contributed by atoms with Crippen LogP contribution in [0.1, 0.15) is 55.8 Å². The number of ether oxygens (including phenoxy) is 1. The lowest BCUT2D eigenvalue weighted by molar-refractivity contribution is -0.275. The van der Waals surface area contributed by atoms with Gasteiger partial charge >= 0.3 is 6.36 Å². The number of nitrogens with one attached hydrogen (secondary N) is 2. The van der Waals surface area contributed by atoms with E-state index in [4.69, 9.17) is 0 Å². The lowest BCUT2D eigenvalue weighted by Gasteiger charge is -2.49. The highest BCUT2D eigenvalue weighted by molar-refractivity contribution is 6.25. The summed E-state index contributed by atoms with van der Waals surface area (Å²) < 4.78 is 45.2. The maximum Gasteiger partial charge on any atom is 0.573 e. The summed E-state index contributed by atoms with van der Waals surface area (Å²) in [6.45, 7) is 3.38. The molecule has 5 atom stereocenters. The molecule has 0 radical (unpaired) electrons. The van der Waals surface area contributed by atoms with Gasteiger partial charge in [-0.1, -0.05) is 6.92 Å². The van der Waals surface area contributed by atoms with Gasteiger partial charge in [0.1, 0.15) is 28.6 Å². The number of halogens is 3. The third-order valence-corrected chi connectivity index (χ3v) is 8.36. The first kappa shape index (κ1) is 28.1. The van der Waals surface area contributed by atoms with Crippen LogP contribution in [0.3, 0.4) is 0 Å². The van der Waals surface area contributed by atoms with E-state index in [0.29, 0.717) is 19.4 Å². The van der Waals surface area contributed by atoms with Gasteiger partial charge in [0.15, 0.2) is 17.2 Å². The molecule has 13 heteroatoms. The Labute approximate surface area is 226 Å². The average molecular weight is 567 g/mol. The van der Waals surface area contributed by atoms with Crippen LogP contribution in [0.2, 0.25) is 0 Å². The summed E-state index contributed by atoms with van der Waals surface area (Å²) in [5, 5.41) is 50.6. The Bertz CT molecular complexity index is 1380. The minimum atomic E-state index is -5.11. The van der Waals surface area contributed by atoms with Gasteiger partial charge in [-0.2, -0.15) is 0 Å². The Morgan fingerprint density at radius 1 is 1.25 bits per heavy atom. The number of aromatic hydroxyl groups is 1. The number of alkyl halides is 3. The molecule has 5 rings (SSSR count). The van der Waals surface area contributed by atoms with Crippen LogP contribution in [-0.4, -0.2) is 68.9 Å². The molecular formula is C27H29F3N2O8. The number of hydrogen-bond acceptors (Lipinski definition) is 10. The molecule has 216 valence electrons. The van der Waals surface area contributed by atoms with Crippen molar-refractivity contribution in [2.24, 2.45) is 11.8 Å². The van der Waals surface area contributed by atoms with Crippen molar-refractivity contribution in [3.8, 4) is 11.5 Å². The lowest BCUT2D eigenvalue weighted by Crippen LogP contribution is -2.65. The van der Waals surface area contributed by atoms with Crippen molar-refractivity contribution in [1.82, 2.24) is 10.6 Å². The topological polar surface area (TPSA) is 165 Å². The summed E-state index contributed by atoms with van der Waals surface area (Å²) in [5.41, 5.74) is -4.51. The molecule has 10 nitrogen and oxygen atoms in total. The summed E-state index contributed by atoms with van der Waals surface area (Å²) in [4.78, 5) is 39.3. The number of rotatable bonds is 5. The fourth-order valence-electron chi connectivity index (χ4n) is 6.75. The summed E-state index contributed by atoms with van der Waals surface area (Å²) >= 11 is 0. The number of benzene rings is 1. The van der Waals surface area contributed by atoms with Crippen LogP contribution >= 0.6 is 0 Å². The van der Waals surface area contributed by atoms with E-state index in [1.807, 2.05) is 0 Å². The van der Waals surface area contributed by atoms with Crippen molar-refractivity contribution in [2.45, 2.75) is 63.6 Å². The zero-order chi connectivity index (χ0) is 29.3. The molecule has 1 heterocycles. The van der Waals surface area contributed by atoms with E-state index in [9.17, 15) is 48.0 Å². The van der Waals surface area contributed by atoms with E-state index >= 15 is 0 Å². The van der Waals surface area contributed by atoms with Crippen LogP contribution in [0.15, 0.2) is 23.0 Å². The first-order valence-corrected chi connectivity index (χ1v) is 13.0. The number of hydrogen-bond donors (Lipinski definition) is 6. The summed E-state index contributed by atoms with van der Waals surface area (Å²) in [6.07, 6.45) is -4.47. The SMILES string of the molecule is CCN[C@@H]1C(=O)C(C(C)=O)=C(O)[C@@]2(O)C(=O)C3=C(O)c4c(O)cc(C5CCCN5)c(OC(F)(F)F)c4C[C@H]3C[C@@H]12. The molecule has 1 unspecified atom stereocenters. The van der Waals surface area contributed by atoms with Gasteiger partial charge in [-0.25, -0.2) is 0 Å². The monoisotopic (exact) mass is 566 g/mol. The molecular weight excluding hydrogens is 537 g/mol. The predicted octanol–water partition coefficient (Wildman–Crippen LogP) is 2.44. The van der Waals surface area contributed by atoms with E-state index < -0.39 is 93.0 Å². The van der Waals surface area contributed by atoms with Gasteiger partial charge in [0.25, 0.3) is 0 Å². The van der Waals surface area contributed by atoms with Gasteiger partial charge in [0, 0.05) is 28.7 Å². The van der Waals surface area contributed by atoms with Crippen molar-refractivity contribution >= 4 is 23.1 Å². The number of aliphatic hydroxyl groups excluding tert-OH is 2. The van der Waals surface area contributed by atoms with E-state index in [1.165, 1.54) is 0 Å². The smallest absolute Gasteiger partial charge is 0.508 e. The lowest BCUT2D eigenvalue weighted by atomic mass is 9.57. The number of aliphatic hydroxyl groups is 3. The third kappa shape index (κ3) is 4.10. The Morgan fingerprint density at radius 3 is 2.52 bits per heavy atom. The number of phenolic OH excluding ortho intramolecular Hbond substituents is 1. The molecule has 40 heavy (non-hydrogen) atoms. The van der Waals surface area contributed by atoms with Crippen molar-refractivity contribution in [1.29, 1.82) is 0 Å². The van der Waals surface area contributed by atoms with Crippen LogP contribution in [-0.2, 0) is 20.8 Å². The first-order valence-electron chi connectivity index (χ1n) is 13.0. The second kappa shape index (κ2) is 9.60. The summed E-state index contributed by atoms with van der Waals surface area (Å²) in [5.74, 6) is -8.40. The van der Waals surface area contributed by atoms with Crippen LogP contribution in [0.5, 0.6) is 11.5 Å². The second-order valence-electron chi connectivity index (χ2n) is 10.6. The quantitative estimate of drug-likeness (QED) is 0.292. The van der Waals surface area contributed by atoms with Crippen LogP contribution in [0.25, 0.3) is 5.76 Å². The fourth-order valence-corrected chi connectivity index (χ4v) is 6.75. The zero-order valence-corrected chi connectivity index (χ0v) is 21.7. The number of carbonyl (C=O) groups is 3. The second-order valence-corrected chi connectivity index (χ2v) is 10.6. The number of Topliss-reactive ketones (excluding diaryl/α,β-unsaturated/α-hetero) is 3. The molecule has 1 aromatic rings. The molecule has 0 bridgehead atoms. The van der Waals surface area contributed by atoms with E-state index in [-0.39, 0.29) is 30.5 Å². The molecule has 1 saturated heterocycles. The van der Waals surface area contributed by atoms with Crippen molar-refractivity contribution in [2.75, 3.05) is 13.1 Å². The fraction of sp³-hybridized carbons (Fsp3) is 0.519. The molecule has 0 amide bonds. The van der Waals surface area contributed by atoms with Gasteiger partial charge in [-0.3, -0.25) is 14.4 Å². The zero-order valence-electron chi connectivity index (χ0n) is 21.7. The standard InChI is InChI=1S/C27H29F3N2O8/c1-3-31-20-14-8-11-7-13-19(16(34)9-12(15-5-4-6-32-15)23(13)40-27(28,29)30)21(35)18(11)25(38)26(14,39)24(37)17(10(2)33)22(20)36/h9,11,14-15,20,31-32,34-35,37,39H,3-8H2,1-2H3/t11-,14-,15?,20-,26+/m0/s1. The largest absolute Gasteiger partial charge is 0.573 e. The van der Waals surface area contributed by atoms with Gasteiger partial charge in [0.05, 0.1) is 11.6 Å². The number of fused-ring (bicyclic) bond motifs is 3. The maximum absolute atomic E-state index is 13.9. The highest BCUT2D eigenvalue weighted by Crippen LogP contribution is 2.54. The Hall–Kier alpha value is -3.42. The van der Waals surface area contributed by atoms with Crippen LogP contribution in [0.4, 0.5) is 13.2 Å². The molecule has 1 aliphatic heterocycles. The van der Waals surface area contributed by atoms with Crippen molar-refractivity contribution in [3.05, 3.63) is 39.7 Å². The number of phenols is 1. The number of carbonyl (C=O) groups excluding carboxylic acids is 3. The third-order valence-electron chi connectivity index (χ3n) is 8.36. The molecule has 0 spiro atoms. The number of ketones is 3. The summed E-state index contributed by atoms with van der Waals surface area (Å²) in [7, 11) is 0. The molecule has 3 aliphatic carbocycles. The molecule has 1 saturated carbocycles. The Balaban J connectivity index is 1.73. The maximum atomic E-state index is 13.9. The van der Waals surface area contributed by atoms with E-state index in [2.05, 4.69) is 15.4 Å². The van der Waals surface area contributed by atoms with E-state index in [0.717, 1.165) is 13.0 Å². The van der Waals surface area contributed by atoms with Gasteiger partial charge in [-0.05, 0) is 57.7 Å². The molecule has 1 aromatic carbocycles. The highest BCUT2D eigenvalue weighted by atomic mass is 19.4. The molecule has 6 N–H and O–H groups in total. The normalized spacial score (nSPS) is 30.2. The number of likely N-dealkylation sites (N-methyl/N-ethyl adjacent to an activating group) is 1. The molecule has 0 aromatic heterocycles. The predicted molar refractivity (Wildman–Crippen MR) is 132 cm³/mol.